The van der Waals surface area contributed by atoms with Gasteiger partial charge in [0.05, 0.1) is 0 Å². The van der Waals surface area contributed by atoms with Crippen LogP contribution in [0.1, 0.15) is 23.2 Å². The van der Waals surface area contributed by atoms with Gasteiger partial charge in [0.1, 0.15) is 12.5 Å². The van der Waals surface area contributed by atoms with Gasteiger partial charge in [-0.3, -0.25) is 4.79 Å². The number of rotatable bonds is 2. The Morgan fingerprint density at radius 2 is 1.90 bits per heavy atom. The number of fused-ring (bicyclic) bond motifs is 4. The first-order chi connectivity index (χ1) is 10.3. The zero-order valence-electron chi connectivity index (χ0n) is 11.7. The minimum atomic E-state index is -0.0327. The molecule has 5 rings (SSSR count). The summed E-state index contributed by atoms with van der Waals surface area (Å²) in [7, 11) is 0. The van der Waals surface area contributed by atoms with Crippen molar-refractivity contribution in [2.24, 2.45) is 5.92 Å². The molecular formula is C16H18N2O3. The SMILES string of the molecule is O=C(N[C@H]1CN2CCC1CC2)c1ccc2c(c1)OC=CO2. The third kappa shape index (κ3) is 2.38. The average Bonchev–Trinajstić information content (AvgIpc) is 2.55. The zero-order valence-corrected chi connectivity index (χ0v) is 11.7. The van der Waals surface area contributed by atoms with E-state index in [1.165, 1.54) is 38.5 Å². The zero-order chi connectivity index (χ0) is 14.2. The fourth-order valence-electron chi connectivity index (χ4n) is 3.42. The smallest absolute Gasteiger partial charge is 0.251 e. The van der Waals surface area contributed by atoms with Gasteiger partial charge in [-0.25, -0.2) is 0 Å². The third-order valence-corrected chi connectivity index (χ3v) is 4.62. The second-order valence-electron chi connectivity index (χ2n) is 5.89. The lowest BCUT2D eigenvalue weighted by molar-refractivity contribution is 0.0620. The Hall–Kier alpha value is -2.01. The van der Waals surface area contributed by atoms with Crippen molar-refractivity contribution < 1.29 is 14.3 Å². The molecule has 4 heterocycles. The maximum absolute atomic E-state index is 12.4. The van der Waals surface area contributed by atoms with Crippen molar-refractivity contribution in [3.05, 3.63) is 36.3 Å². The first-order valence-corrected chi connectivity index (χ1v) is 7.45. The molecule has 0 aliphatic carbocycles. The summed E-state index contributed by atoms with van der Waals surface area (Å²) in [6, 6.07) is 5.55. The number of carbonyl (C=O) groups is 1. The van der Waals surface area contributed by atoms with Gasteiger partial charge < -0.3 is 19.7 Å². The standard InChI is InChI=1S/C16H18N2O3/c19-16(17-13-10-18-5-3-11(13)4-6-18)12-1-2-14-15(9-12)21-8-7-20-14/h1-2,7-9,11,13H,3-6,10H2,(H,17,19)/t13-/m0/s1. The number of hydrogen-bond donors (Lipinski definition) is 1. The fraction of sp³-hybridized carbons (Fsp3) is 0.438. The molecule has 3 fully saturated rings. The summed E-state index contributed by atoms with van der Waals surface area (Å²) in [5, 5.41) is 3.18. The summed E-state index contributed by atoms with van der Waals surface area (Å²) in [4.78, 5) is 14.9. The number of hydrogen-bond acceptors (Lipinski definition) is 4. The molecule has 0 radical (unpaired) electrons. The predicted molar refractivity (Wildman–Crippen MR) is 77.3 cm³/mol. The highest BCUT2D eigenvalue weighted by atomic mass is 16.5. The maximum Gasteiger partial charge on any atom is 0.251 e. The molecule has 0 saturated carbocycles. The molecule has 1 N–H and O–H groups in total. The molecule has 5 nitrogen and oxygen atoms in total. The molecule has 5 heteroatoms. The van der Waals surface area contributed by atoms with Gasteiger partial charge in [0.15, 0.2) is 11.5 Å². The topological polar surface area (TPSA) is 50.8 Å². The van der Waals surface area contributed by atoms with E-state index in [4.69, 9.17) is 9.47 Å². The molecule has 1 amide bonds. The monoisotopic (exact) mass is 286 g/mol. The molecule has 0 aromatic heterocycles. The normalized spacial score (nSPS) is 29.2. The van der Waals surface area contributed by atoms with Gasteiger partial charge in [-0.2, -0.15) is 0 Å². The van der Waals surface area contributed by atoms with Crippen molar-refractivity contribution in [1.29, 1.82) is 0 Å². The van der Waals surface area contributed by atoms with E-state index in [2.05, 4.69) is 10.2 Å². The molecule has 110 valence electrons. The van der Waals surface area contributed by atoms with Crippen molar-refractivity contribution in [2.75, 3.05) is 19.6 Å². The van der Waals surface area contributed by atoms with Crippen molar-refractivity contribution >= 4 is 5.91 Å². The van der Waals surface area contributed by atoms with E-state index < -0.39 is 0 Å². The van der Waals surface area contributed by atoms with Crippen LogP contribution >= 0.6 is 0 Å². The Balaban J connectivity index is 1.48. The second-order valence-corrected chi connectivity index (χ2v) is 5.89. The molecule has 0 spiro atoms. The summed E-state index contributed by atoms with van der Waals surface area (Å²) >= 11 is 0. The minimum absolute atomic E-state index is 0.0327. The van der Waals surface area contributed by atoms with Gasteiger partial charge in [0.2, 0.25) is 0 Å². The van der Waals surface area contributed by atoms with E-state index in [1.54, 1.807) is 18.2 Å². The van der Waals surface area contributed by atoms with Crippen LogP contribution in [0.15, 0.2) is 30.7 Å². The molecule has 3 saturated heterocycles. The average molecular weight is 286 g/mol. The van der Waals surface area contributed by atoms with E-state index in [0.717, 1.165) is 6.54 Å². The van der Waals surface area contributed by atoms with Crippen LogP contribution in [0.3, 0.4) is 0 Å². The Labute approximate surface area is 123 Å². The molecule has 2 bridgehead atoms. The molecule has 1 atom stereocenters. The highest BCUT2D eigenvalue weighted by Crippen LogP contribution is 2.32. The van der Waals surface area contributed by atoms with Gasteiger partial charge in [0.25, 0.3) is 5.91 Å². The van der Waals surface area contributed by atoms with Crippen LogP contribution in [0.4, 0.5) is 0 Å². The lowest BCUT2D eigenvalue weighted by Crippen LogP contribution is -2.57. The Bertz CT molecular complexity index is 591. The maximum atomic E-state index is 12.4. The molecule has 0 unspecified atom stereocenters. The van der Waals surface area contributed by atoms with Crippen molar-refractivity contribution in [2.45, 2.75) is 18.9 Å². The van der Waals surface area contributed by atoms with Crippen LogP contribution < -0.4 is 14.8 Å². The Kier molecular flexibility index (Phi) is 3.07. The first kappa shape index (κ1) is 12.7. The fourth-order valence-corrected chi connectivity index (χ4v) is 3.42. The summed E-state index contributed by atoms with van der Waals surface area (Å²) in [5.74, 6) is 1.81. The van der Waals surface area contributed by atoms with Gasteiger partial charge in [-0.1, -0.05) is 0 Å². The minimum Gasteiger partial charge on any atom is -0.458 e. The van der Waals surface area contributed by atoms with Gasteiger partial charge >= 0.3 is 0 Å². The number of benzene rings is 1. The van der Waals surface area contributed by atoms with Crippen molar-refractivity contribution in [3.63, 3.8) is 0 Å². The quantitative estimate of drug-likeness (QED) is 0.900. The van der Waals surface area contributed by atoms with Crippen LogP contribution in [-0.4, -0.2) is 36.5 Å². The summed E-state index contributed by atoms with van der Waals surface area (Å²) in [6.07, 6.45) is 5.33. The number of ether oxygens (including phenoxy) is 2. The molecule has 21 heavy (non-hydrogen) atoms. The Morgan fingerprint density at radius 1 is 1.14 bits per heavy atom. The summed E-state index contributed by atoms with van der Waals surface area (Å²) in [6.45, 7) is 3.32. The highest BCUT2D eigenvalue weighted by Gasteiger charge is 2.35. The molecule has 4 aliphatic rings. The molecular weight excluding hydrogens is 268 g/mol. The lowest BCUT2D eigenvalue weighted by atomic mass is 9.84. The highest BCUT2D eigenvalue weighted by molar-refractivity contribution is 5.95. The summed E-state index contributed by atoms with van der Waals surface area (Å²) in [5.41, 5.74) is 0.615. The Morgan fingerprint density at radius 3 is 2.62 bits per heavy atom. The van der Waals surface area contributed by atoms with E-state index in [0.29, 0.717) is 23.0 Å². The van der Waals surface area contributed by atoms with Crippen LogP contribution in [0, 0.1) is 5.92 Å². The van der Waals surface area contributed by atoms with Crippen molar-refractivity contribution in [3.8, 4) is 11.5 Å². The van der Waals surface area contributed by atoms with Crippen LogP contribution in [0.5, 0.6) is 11.5 Å². The van der Waals surface area contributed by atoms with E-state index >= 15 is 0 Å². The molecule has 1 aromatic carbocycles. The van der Waals surface area contributed by atoms with Gasteiger partial charge in [-0.15, -0.1) is 0 Å². The van der Waals surface area contributed by atoms with E-state index in [1.807, 2.05) is 0 Å². The molecule has 4 aliphatic heterocycles. The lowest BCUT2D eigenvalue weighted by Gasteiger charge is -2.44. The molecule has 1 aromatic rings. The first-order valence-electron chi connectivity index (χ1n) is 7.45. The number of nitrogens with one attached hydrogen (secondary N) is 1. The number of piperidine rings is 3. The number of carbonyl (C=O) groups excluding carboxylic acids is 1. The number of nitrogens with zero attached hydrogens (tertiary/aromatic N) is 1. The van der Waals surface area contributed by atoms with E-state index in [-0.39, 0.29) is 11.9 Å². The second kappa shape index (κ2) is 5.07. The van der Waals surface area contributed by atoms with Crippen LogP contribution in [0.2, 0.25) is 0 Å². The van der Waals surface area contributed by atoms with Gasteiger partial charge in [0, 0.05) is 18.2 Å². The predicted octanol–water partition coefficient (Wildman–Crippen LogP) is 1.75. The van der Waals surface area contributed by atoms with Crippen LogP contribution in [0.25, 0.3) is 0 Å². The van der Waals surface area contributed by atoms with Gasteiger partial charge in [-0.05, 0) is 50.0 Å². The van der Waals surface area contributed by atoms with Crippen molar-refractivity contribution in [1.82, 2.24) is 10.2 Å². The van der Waals surface area contributed by atoms with E-state index in [9.17, 15) is 4.79 Å². The third-order valence-electron chi connectivity index (χ3n) is 4.62. The number of amides is 1. The summed E-state index contributed by atoms with van der Waals surface area (Å²) < 4.78 is 10.7. The largest absolute Gasteiger partial charge is 0.458 e. The van der Waals surface area contributed by atoms with Crippen LogP contribution in [-0.2, 0) is 0 Å².